The number of sulfonamides is 1. The van der Waals surface area contributed by atoms with E-state index >= 15 is 0 Å². The van der Waals surface area contributed by atoms with E-state index in [1.807, 2.05) is 0 Å². The van der Waals surface area contributed by atoms with Crippen LogP contribution in [0.15, 0.2) is 35.4 Å². The van der Waals surface area contributed by atoms with E-state index in [-0.39, 0.29) is 30.3 Å². The van der Waals surface area contributed by atoms with Gasteiger partial charge in [0.15, 0.2) is 0 Å². The van der Waals surface area contributed by atoms with Gasteiger partial charge in [-0.1, -0.05) is 29.3 Å². The quantitative estimate of drug-likeness (QED) is 0.753. The number of nitrogens with one attached hydrogen (secondary N) is 1. The molecule has 10 heteroatoms. The van der Waals surface area contributed by atoms with Crippen LogP contribution in [-0.2, 0) is 26.1 Å². The van der Waals surface area contributed by atoms with E-state index in [1.165, 1.54) is 16.6 Å². The minimum atomic E-state index is -3.67. The van der Waals surface area contributed by atoms with Crippen molar-refractivity contribution in [3.05, 3.63) is 51.8 Å². The average molecular weight is 419 g/mol. The second kappa shape index (κ2) is 7.98. The third kappa shape index (κ3) is 4.21. The van der Waals surface area contributed by atoms with Gasteiger partial charge in [-0.3, -0.25) is 0 Å². The summed E-state index contributed by atoms with van der Waals surface area (Å²) in [4.78, 5) is 14.8. The van der Waals surface area contributed by atoms with Crippen LogP contribution in [0.25, 0.3) is 0 Å². The Hall–Kier alpha value is -1.58. The SMILES string of the molecule is O=C(OCc1ccc(Cl)c(Cl)c1)c1cc(S(=O)(=O)N2CCOCC2)c[nH]1. The highest BCUT2D eigenvalue weighted by Crippen LogP contribution is 2.23. The van der Waals surface area contributed by atoms with Crippen LogP contribution in [0, 0.1) is 0 Å². The molecule has 1 saturated heterocycles. The van der Waals surface area contributed by atoms with Crippen molar-refractivity contribution in [2.75, 3.05) is 26.3 Å². The summed E-state index contributed by atoms with van der Waals surface area (Å²) in [5.74, 6) is -0.667. The second-order valence-electron chi connectivity index (χ2n) is 5.59. The molecular weight excluding hydrogens is 403 g/mol. The van der Waals surface area contributed by atoms with Gasteiger partial charge in [-0.25, -0.2) is 13.2 Å². The highest BCUT2D eigenvalue weighted by molar-refractivity contribution is 7.89. The number of halogens is 2. The molecule has 1 aliphatic heterocycles. The molecule has 0 spiro atoms. The number of aromatic nitrogens is 1. The van der Waals surface area contributed by atoms with Crippen molar-refractivity contribution in [3.8, 4) is 0 Å². The highest BCUT2D eigenvalue weighted by Gasteiger charge is 2.28. The molecule has 7 nitrogen and oxygen atoms in total. The molecule has 0 amide bonds. The third-order valence-corrected chi connectivity index (χ3v) is 6.45. The number of morpholine rings is 1. The van der Waals surface area contributed by atoms with Crippen molar-refractivity contribution in [1.29, 1.82) is 0 Å². The van der Waals surface area contributed by atoms with Crippen molar-refractivity contribution >= 4 is 39.2 Å². The summed E-state index contributed by atoms with van der Waals surface area (Å²) in [6, 6.07) is 6.15. The summed E-state index contributed by atoms with van der Waals surface area (Å²) >= 11 is 11.8. The summed E-state index contributed by atoms with van der Waals surface area (Å²) < 4.78 is 36.7. The molecule has 140 valence electrons. The number of carbonyl (C=O) groups excluding carboxylic acids is 1. The molecule has 2 heterocycles. The first kappa shape index (κ1) is 19.2. The molecule has 26 heavy (non-hydrogen) atoms. The normalized spacial score (nSPS) is 15.8. The summed E-state index contributed by atoms with van der Waals surface area (Å²) in [6.45, 7) is 1.25. The minimum absolute atomic E-state index is 0.0136. The maximum atomic E-state index is 12.5. The van der Waals surface area contributed by atoms with E-state index in [0.717, 1.165) is 0 Å². The first-order valence-corrected chi connectivity index (χ1v) is 9.95. The van der Waals surface area contributed by atoms with Crippen LogP contribution >= 0.6 is 23.2 Å². The van der Waals surface area contributed by atoms with Crippen LogP contribution < -0.4 is 0 Å². The molecule has 1 aromatic carbocycles. The molecule has 0 radical (unpaired) electrons. The number of H-pyrrole nitrogens is 1. The number of benzene rings is 1. The van der Waals surface area contributed by atoms with Crippen LogP contribution in [0.5, 0.6) is 0 Å². The molecule has 2 aromatic rings. The van der Waals surface area contributed by atoms with E-state index in [2.05, 4.69) is 4.98 Å². The Kier molecular flexibility index (Phi) is 5.89. The molecule has 0 unspecified atom stereocenters. The van der Waals surface area contributed by atoms with Gasteiger partial charge < -0.3 is 14.5 Å². The largest absolute Gasteiger partial charge is 0.456 e. The Labute approximate surface area is 160 Å². The predicted molar refractivity (Wildman–Crippen MR) is 96.0 cm³/mol. The van der Waals surface area contributed by atoms with Gasteiger partial charge in [-0.05, 0) is 23.8 Å². The van der Waals surface area contributed by atoms with Gasteiger partial charge in [0.1, 0.15) is 17.2 Å². The first-order chi connectivity index (χ1) is 12.4. The number of rotatable bonds is 5. The molecule has 1 fully saturated rings. The Morgan fingerprint density at radius 2 is 1.92 bits per heavy atom. The lowest BCUT2D eigenvalue weighted by molar-refractivity contribution is 0.0466. The smallest absolute Gasteiger partial charge is 0.355 e. The van der Waals surface area contributed by atoms with Crippen LogP contribution in [0.3, 0.4) is 0 Å². The third-order valence-electron chi connectivity index (χ3n) is 3.84. The summed E-state index contributed by atoms with van der Waals surface area (Å²) in [5, 5.41) is 0.767. The van der Waals surface area contributed by atoms with Gasteiger partial charge in [-0.2, -0.15) is 4.31 Å². The molecule has 3 rings (SSSR count). The Bertz CT molecular complexity index is 907. The lowest BCUT2D eigenvalue weighted by Crippen LogP contribution is -2.40. The number of ether oxygens (including phenoxy) is 2. The molecule has 1 aromatic heterocycles. The standard InChI is InChI=1S/C16H16Cl2N2O5S/c17-13-2-1-11(7-14(13)18)10-25-16(21)15-8-12(9-19-15)26(22,23)20-3-5-24-6-4-20/h1-2,7-9,19H,3-6,10H2. The zero-order chi connectivity index (χ0) is 18.7. The summed E-state index contributed by atoms with van der Waals surface area (Å²) in [7, 11) is -3.67. The predicted octanol–water partition coefficient (Wildman–Crippen LogP) is 2.70. The molecule has 0 atom stereocenters. The molecule has 0 bridgehead atoms. The first-order valence-electron chi connectivity index (χ1n) is 7.75. The number of aromatic amines is 1. The fourth-order valence-corrected chi connectivity index (χ4v) is 4.16. The van der Waals surface area contributed by atoms with Crippen molar-refractivity contribution in [1.82, 2.24) is 9.29 Å². The van der Waals surface area contributed by atoms with Crippen LogP contribution in [0.1, 0.15) is 16.1 Å². The van der Waals surface area contributed by atoms with Gasteiger partial charge in [0.05, 0.1) is 23.3 Å². The maximum absolute atomic E-state index is 12.5. The molecule has 0 saturated carbocycles. The minimum Gasteiger partial charge on any atom is -0.456 e. The van der Waals surface area contributed by atoms with Gasteiger partial charge in [0.2, 0.25) is 10.0 Å². The van der Waals surface area contributed by atoms with E-state index < -0.39 is 16.0 Å². The average Bonchev–Trinajstić information content (AvgIpc) is 3.14. The monoisotopic (exact) mass is 418 g/mol. The fourth-order valence-electron chi connectivity index (χ4n) is 2.43. The lowest BCUT2D eigenvalue weighted by atomic mass is 10.2. The van der Waals surface area contributed by atoms with Crippen molar-refractivity contribution in [3.63, 3.8) is 0 Å². The van der Waals surface area contributed by atoms with Crippen LogP contribution in [0.2, 0.25) is 10.0 Å². The summed E-state index contributed by atoms with van der Waals surface area (Å²) in [6.07, 6.45) is 1.28. The van der Waals surface area contributed by atoms with Crippen molar-refractivity contribution in [2.24, 2.45) is 0 Å². The van der Waals surface area contributed by atoms with Crippen LogP contribution in [0.4, 0.5) is 0 Å². The number of esters is 1. The van der Waals surface area contributed by atoms with Crippen molar-refractivity contribution < 1.29 is 22.7 Å². The topological polar surface area (TPSA) is 88.7 Å². The number of hydrogen-bond donors (Lipinski definition) is 1. The second-order valence-corrected chi connectivity index (χ2v) is 8.34. The maximum Gasteiger partial charge on any atom is 0.355 e. The van der Waals surface area contributed by atoms with E-state index in [0.29, 0.717) is 28.8 Å². The van der Waals surface area contributed by atoms with E-state index in [9.17, 15) is 13.2 Å². The number of carbonyl (C=O) groups is 1. The molecular formula is C16H16Cl2N2O5S. The van der Waals surface area contributed by atoms with Gasteiger partial charge in [-0.15, -0.1) is 0 Å². The number of hydrogen-bond acceptors (Lipinski definition) is 5. The Balaban J connectivity index is 1.66. The van der Waals surface area contributed by atoms with Gasteiger partial charge in [0, 0.05) is 19.3 Å². The van der Waals surface area contributed by atoms with Crippen LogP contribution in [-0.4, -0.2) is 50.0 Å². The molecule has 0 aliphatic carbocycles. The zero-order valence-electron chi connectivity index (χ0n) is 13.6. The fraction of sp³-hybridized carbons (Fsp3) is 0.312. The lowest BCUT2D eigenvalue weighted by Gasteiger charge is -2.25. The number of nitrogens with zero attached hydrogens (tertiary/aromatic N) is 1. The molecule has 1 aliphatic rings. The highest BCUT2D eigenvalue weighted by atomic mass is 35.5. The summed E-state index contributed by atoms with van der Waals surface area (Å²) in [5.41, 5.74) is 0.720. The van der Waals surface area contributed by atoms with Gasteiger partial charge >= 0.3 is 5.97 Å². The van der Waals surface area contributed by atoms with Gasteiger partial charge in [0.25, 0.3) is 0 Å². The van der Waals surface area contributed by atoms with E-state index in [4.69, 9.17) is 32.7 Å². The Morgan fingerprint density at radius 3 is 2.62 bits per heavy atom. The zero-order valence-corrected chi connectivity index (χ0v) is 15.9. The van der Waals surface area contributed by atoms with E-state index in [1.54, 1.807) is 18.2 Å². The Morgan fingerprint density at radius 1 is 1.19 bits per heavy atom. The molecule has 1 N–H and O–H groups in total. The van der Waals surface area contributed by atoms with Crippen molar-refractivity contribution in [2.45, 2.75) is 11.5 Å².